The topological polar surface area (TPSA) is 85.4 Å². The van der Waals surface area contributed by atoms with Crippen molar-refractivity contribution in [1.82, 2.24) is 15.1 Å². The summed E-state index contributed by atoms with van der Waals surface area (Å²) >= 11 is 0. The molecule has 1 aliphatic carbocycles. The van der Waals surface area contributed by atoms with E-state index in [0.717, 1.165) is 31.4 Å². The molecule has 3 atom stereocenters. The van der Waals surface area contributed by atoms with Gasteiger partial charge in [0.15, 0.2) is 0 Å². The number of rotatable bonds is 6. The van der Waals surface area contributed by atoms with Crippen LogP contribution in [0.5, 0.6) is 5.75 Å². The number of aliphatic hydroxyl groups is 1. The van der Waals surface area contributed by atoms with Gasteiger partial charge in [-0.15, -0.1) is 0 Å². The molecule has 3 rings (SSSR count). The van der Waals surface area contributed by atoms with Gasteiger partial charge in [0.25, 0.3) is 5.91 Å². The molecule has 0 spiro atoms. The Bertz CT molecular complexity index is 825. The zero-order valence-electron chi connectivity index (χ0n) is 20.7. The predicted molar refractivity (Wildman–Crippen MR) is 130 cm³/mol. The molecule has 0 saturated heterocycles. The molecule has 0 radical (unpaired) electrons. The second-order valence-electron chi connectivity index (χ2n) is 9.86. The molecule has 1 aromatic rings. The van der Waals surface area contributed by atoms with E-state index in [9.17, 15) is 14.7 Å². The summed E-state index contributed by atoms with van der Waals surface area (Å²) in [5.74, 6) is 0.330. The molecule has 1 heterocycles. The number of hydrogen-bond acceptors (Lipinski definition) is 5. The molecule has 184 valence electrons. The predicted octanol–water partition coefficient (Wildman–Crippen LogP) is 2.95. The number of nitrogens with one attached hydrogen (secondary N) is 1. The number of urea groups is 1. The first-order chi connectivity index (χ1) is 15.7. The van der Waals surface area contributed by atoms with Gasteiger partial charge in [-0.2, -0.15) is 0 Å². The normalized spacial score (nSPS) is 22.5. The van der Waals surface area contributed by atoms with Crippen LogP contribution in [-0.2, 0) is 0 Å². The number of anilines is 1. The lowest BCUT2D eigenvalue weighted by Gasteiger charge is -2.38. The number of aliphatic hydroxyl groups excluding tert-OH is 1. The first kappa shape index (κ1) is 25.1. The summed E-state index contributed by atoms with van der Waals surface area (Å²) in [5.41, 5.74) is 1.38. The standard InChI is InChI=1S/C25H40N4O4/c1-17-14-29(18(2)16-30)24(31)21-13-20(27(3)4)11-12-22(21)33-23(17)15-28(5)25(32)26-19-9-7-6-8-10-19/h11-13,17-19,23,30H,6-10,14-16H2,1-5H3,(H,26,32)/t17-,18-,23+/m0/s1. The minimum Gasteiger partial charge on any atom is -0.487 e. The van der Waals surface area contributed by atoms with E-state index in [2.05, 4.69) is 5.32 Å². The Kier molecular flexibility index (Phi) is 8.46. The van der Waals surface area contributed by atoms with Crippen molar-refractivity contribution >= 4 is 17.6 Å². The first-order valence-corrected chi connectivity index (χ1v) is 12.1. The van der Waals surface area contributed by atoms with Crippen LogP contribution in [0, 0.1) is 5.92 Å². The summed E-state index contributed by atoms with van der Waals surface area (Å²) in [6.45, 7) is 4.61. The number of carbonyl (C=O) groups is 2. The van der Waals surface area contributed by atoms with Crippen LogP contribution in [-0.4, -0.2) is 85.9 Å². The zero-order valence-corrected chi connectivity index (χ0v) is 20.7. The van der Waals surface area contributed by atoms with Gasteiger partial charge in [-0.1, -0.05) is 26.2 Å². The van der Waals surface area contributed by atoms with Crippen molar-refractivity contribution in [2.75, 3.05) is 45.7 Å². The van der Waals surface area contributed by atoms with Gasteiger partial charge < -0.3 is 29.9 Å². The van der Waals surface area contributed by atoms with Crippen LogP contribution >= 0.6 is 0 Å². The van der Waals surface area contributed by atoms with Crippen molar-refractivity contribution in [2.45, 2.75) is 64.1 Å². The van der Waals surface area contributed by atoms with Crippen LogP contribution in [0.2, 0.25) is 0 Å². The van der Waals surface area contributed by atoms with E-state index < -0.39 is 0 Å². The highest BCUT2D eigenvalue weighted by atomic mass is 16.5. The third kappa shape index (κ3) is 6.10. The molecule has 0 bridgehead atoms. The van der Waals surface area contributed by atoms with Crippen molar-refractivity contribution in [3.8, 4) is 5.75 Å². The monoisotopic (exact) mass is 460 g/mol. The van der Waals surface area contributed by atoms with Gasteiger partial charge >= 0.3 is 6.03 Å². The van der Waals surface area contributed by atoms with Crippen LogP contribution < -0.4 is 15.0 Å². The second kappa shape index (κ2) is 11.1. The van der Waals surface area contributed by atoms with Crippen LogP contribution in [0.3, 0.4) is 0 Å². The average Bonchev–Trinajstić information content (AvgIpc) is 2.80. The van der Waals surface area contributed by atoms with E-state index in [1.54, 1.807) is 16.8 Å². The van der Waals surface area contributed by atoms with Crippen LogP contribution in [0.25, 0.3) is 0 Å². The quantitative estimate of drug-likeness (QED) is 0.682. The highest BCUT2D eigenvalue weighted by Gasteiger charge is 2.34. The maximum absolute atomic E-state index is 13.4. The van der Waals surface area contributed by atoms with Gasteiger partial charge in [-0.25, -0.2) is 4.79 Å². The number of ether oxygens (including phenoxy) is 1. The number of benzene rings is 1. The third-order valence-corrected chi connectivity index (χ3v) is 6.90. The number of carbonyl (C=O) groups excluding carboxylic acids is 2. The van der Waals surface area contributed by atoms with Crippen LogP contribution in [0.4, 0.5) is 10.5 Å². The van der Waals surface area contributed by atoms with Gasteiger partial charge in [0.1, 0.15) is 11.9 Å². The summed E-state index contributed by atoms with van der Waals surface area (Å²) in [4.78, 5) is 31.6. The summed E-state index contributed by atoms with van der Waals surface area (Å²) < 4.78 is 6.38. The summed E-state index contributed by atoms with van der Waals surface area (Å²) in [6, 6.07) is 5.43. The molecule has 8 heteroatoms. The number of nitrogens with zero attached hydrogens (tertiary/aromatic N) is 3. The summed E-state index contributed by atoms with van der Waals surface area (Å²) in [6.07, 6.45) is 5.34. The first-order valence-electron chi connectivity index (χ1n) is 12.1. The lowest BCUT2D eigenvalue weighted by molar-refractivity contribution is 0.0366. The smallest absolute Gasteiger partial charge is 0.317 e. The average molecular weight is 461 g/mol. The van der Waals surface area contributed by atoms with E-state index >= 15 is 0 Å². The maximum Gasteiger partial charge on any atom is 0.317 e. The van der Waals surface area contributed by atoms with Crippen LogP contribution in [0.15, 0.2) is 18.2 Å². The molecule has 2 aliphatic rings. The summed E-state index contributed by atoms with van der Waals surface area (Å²) in [7, 11) is 5.64. The number of fused-ring (bicyclic) bond motifs is 1. The fraction of sp³-hybridized carbons (Fsp3) is 0.680. The lowest BCUT2D eigenvalue weighted by Crippen LogP contribution is -2.52. The van der Waals surface area contributed by atoms with Gasteiger partial charge in [-0.3, -0.25) is 4.79 Å². The van der Waals surface area contributed by atoms with E-state index in [4.69, 9.17) is 4.74 Å². The van der Waals surface area contributed by atoms with Crippen molar-refractivity contribution < 1.29 is 19.4 Å². The van der Waals surface area contributed by atoms with Crippen molar-refractivity contribution in [3.63, 3.8) is 0 Å². The Balaban J connectivity index is 1.82. The summed E-state index contributed by atoms with van der Waals surface area (Å²) in [5, 5.41) is 13.0. The van der Waals surface area contributed by atoms with Crippen molar-refractivity contribution in [3.05, 3.63) is 23.8 Å². The minimum absolute atomic E-state index is 0.0328. The van der Waals surface area contributed by atoms with E-state index in [1.807, 2.05) is 51.0 Å². The van der Waals surface area contributed by atoms with Crippen molar-refractivity contribution in [1.29, 1.82) is 0 Å². The minimum atomic E-state index is -0.318. The molecular formula is C25H40N4O4. The van der Waals surface area contributed by atoms with E-state index in [0.29, 0.717) is 24.4 Å². The Hall–Kier alpha value is -2.48. The molecule has 3 amide bonds. The molecule has 33 heavy (non-hydrogen) atoms. The molecule has 0 aromatic heterocycles. The third-order valence-electron chi connectivity index (χ3n) is 6.90. The Morgan fingerprint density at radius 1 is 1.24 bits per heavy atom. The van der Waals surface area contributed by atoms with Gasteiger partial charge in [0.2, 0.25) is 0 Å². The molecule has 1 aromatic carbocycles. The Morgan fingerprint density at radius 3 is 2.58 bits per heavy atom. The number of hydrogen-bond donors (Lipinski definition) is 2. The molecule has 0 unspecified atom stereocenters. The zero-order chi connectivity index (χ0) is 24.1. The Labute approximate surface area is 197 Å². The Morgan fingerprint density at radius 2 is 1.94 bits per heavy atom. The molecule has 1 saturated carbocycles. The van der Waals surface area contributed by atoms with E-state index in [1.165, 1.54) is 6.42 Å². The molecule has 1 fully saturated rings. The number of amides is 3. The van der Waals surface area contributed by atoms with E-state index in [-0.39, 0.29) is 42.7 Å². The lowest BCUT2D eigenvalue weighted by atomic mass is 9.96. The SMILES string of the molecule is C[C@H]1CN([C@@H](C)CO)C(=O)c2cc(N(C)C)ccc2O[C@@H]1CN(C)C(=O)NC1CCCCC1. The molecule has 8 nitrogen and oxygen atoms in total. The van der Waals surface area contributed by atoms with Crippen LogP contribution in [0.1, 0.15) is 56.3 Å². The van der Waals surface area contributed by atoms with Gasteiger partial charge in [-0.05, 0) is 38.0 Å². The highest BCUT2D eigenvalue weighted by molar-refractivity contribution is 5.98. The van der Waals surface area contributed by atoms with Gasteiger partial charge in [0.05, 0.1) is 24.8 Å². The molecule has 2 N–H and O–H groups in total. The maximum atomic E-state index is 13.4. The van der Waals surface area contributed by atoms with Gasteiger partial charge in [0, 0.05) is 45.3 Å². The fourth-order valence-corrected chi connectivity index (χ4v) is 4.59. The number of likely N-dealkylation sites (N-methyl/N-ethyl adjacent to an activating group) is 1. The van der Waals surface area contributed by atoms with Crippen molar-refractivity contribution in [2.24, 2.45) is 5.92 Å². The molecular weight excluding hydrogens is 420 g/mol. The molecule has 1 aliphatic heterocycles. The second-order valence-corrected chi connectivity index (χ2v) is 9.86. The fourth-order valence-electron chi connectivity index (χ4n) is 4.59. The highest BCUT2D eigenvalue weighted by Crippen LogP contribution is 2.31. The largest absolute Gasteiger partial charge is 0.487 e.